The number of allylic oxidation sites excluding steroid dienone is 1. The first kappa shape index (κ1) is 21.6. The lowest BCUT2D eigenvalue weighted by Gasteiger charge is -2.28. The van der Waals surface area contributed by atoms with Crippen molar-refractivity contribution in [2.24, 2.45) is 0 Å². The highest BCUT2D eigenvalue weighted by Gasteiger charge is 2.34. The van der Waals surface area contributed by atoms with Gasteiger partial charge in [0.1, 0.15) is 0 Å². The topological polar surface area (TPSA) is 26.3 Å². The minimum Gasteiger partial charge on any atom is -0.462 e. The van der Waals surface area contributed by atoms with E-state index in [0.717, 1.165) is 6.42 Å². The van der Waals surface area contributed by atoms with Crippen molar-refractivity contribution in [1.29, 1.82) is 0 Å². The van der Waals surface area contributed by atoms with E-state index in [9.17, 15) is 4.79 Å². The fraction of sp³-hybridized carbons (Fsp3) is 0.842. The van der Waals surface area contributed by atoms with Gasteiger partial charge >= 0.3 is 5.97 Å². The molecule has 0 radical (unpaired) electrons. The fourth-order valence-electron chi connectivity index (χ4n) is 2.91. The molecule has 0 unspecified atom stereocenters. The Balaban J connectivity index is 4.47. The number of carbonyl (C=O) groups is 1. The third-order valence-corrected chi connectivity index (χ3v) is 9.34. The van der Waals surface area contributed by atoms with Gasteiger partial charge in [-0.05, 0) is 26.2 Å². The molecule has 0 aliphatic rings. The monoisotopic (exact) mass is 329 g/mol. The van der Waals surface area contributed by atoms with Crippen molar-refractivity contribution in [3.8, 4) is 0 Å². The molecule has 0 saturated heterocycles. The number of hydrogen-bond donors (Lipinski definition) is 0. The second kappa shape index (κ2) is 14.2. The van der Waals surface area contributed by atoms with Gasteiger partial charge in [-0.3, -0.25) is 0 Å². The summed E-state index contributed by atoms with van der Waals surface area (Å²) in [7, 11) is -0.830. The molecule has 0 heterocycles. The molecule has 0 saturated carbocycles. The van der Waals surface area contributed by atoms with Gasteiger partial charge in [-0.1, -0.05) is 46.1 Å². The lowest BCUT2D eigenvalue weighted by atomic mass is 10.4. The summed E-state index contributed by atoms with van der Waals surface area (Å²) >= 11 is 0. The third kappa shape index (κ3) is 10.4. The molecule has 0 N–H and O–H groups in total. The fourth-order valence-corrected chi connectivity index (χ4v) is 8.01. The zero-order valence-electron chi connectivity index (χ0n) is 15.4. The molecule has 0 aromatic carbocycles. The highest BCUT2D eigenvalue weighted by atomic mass is 31.2. The van der Waals surface area contributed by atoms with Crippen LogP contribution in [-0.2, 0) is 9.53 Å². The number of unbranched alkanes of at least 4 members (excludes halogenated alkanes) is 3. The molecule has 0 aromatic heterocycles. The molecular formula is C19H38O2P+. The van der Waals surface area contributed by atoms with Crippen molar-refractivity contribution < 1.29 is 9.53 Å². The predicted octanol–water partition coefficient (Wildman–Crippen LogP) is 5.91. The Kier molecular flexibility index (Phi) is 14.0. The summed E-state index contributed by atoms with van der Waals surface area (Å²) in [6, 6.07) is 0. The van der Waals surface area contributed by atoms with Gasteiger partial charge < -0.3 is 4.74 Å². The van der Waals surface area contributed by atoms with Crippen LogP contribution in [0.25, 0.3) is 0 Å². The molecule has 130 valence electrons. The van der Waals surface area contributed by atoms with Crippen LogP contribution in [0.15, 0.2) is 12.2 Å². The smallest absolute Gasteiger partial charge is 0.330 e. The molecule has 22 heavy (non-hydrogen) atoms. The maximum Gasteiger partial charge on any atom is 0.330 e. The van der Waals surface area contributed by atoms with Crippen molar-refractivity contribution in [3.05, 3.63) is 12.2 Å². The van der Waals surface area contributed by atoms with Crippen LogP contribution < -0.4 is 0 Å². The lowest BCUT2D eigenvalue weighted by Crippen LogP contribution is -2.14. The largest absolute Gasteiger partial charge is 0.462 e. The minimum atomic E-state index is -0.830. The van der Waals surface area contributed by atoms with E-state index in [1.54, 1.807) is 6.08 Å². The number of rotatable bonds is 14. The van der Waals surface area contributed by atoms with Crippen LogP contribution >= 0.6 is 7.26 Å². The average molecular weight is 329 g/mol. The second-order valence-corrected chi connectivity index (χ2v) is 10.8. The third-order valence-electron chi connectivity index (χ3n) is 4.28. The predicted molar refractivity (Wildman–Crippen MR) is 102 cm³/mol. The number of ether oxygens (including phenoxy) is 1. The Bertz CT molecular complexity index is 278. The molecule has 3 heteroatoms. The molecule has 0 atom stereocenters. The van der Waals surface area contributed by atoms with Crippen molar-refractivity contribution in [2.45, 2.75) is 72.6 Å². The normalized spacial score (nSPS) is 12.0. The van der Waals surface area contributed by atoms with E-state index in [1.807, 2.05) is 6.92 Å². The van der Waals surface area contributed by atoms with Crippen LogP contribution in [0.2, 0.25) is 0 Å². The van der Waals surface area contributed by atoms with Crippen molar-refractivity contribution in [2.75, 3.05) is 31.3 Å². The van der Waals surface area contributed by atoms with E-state index < -0.39 is 7.26 Å². The van der Waals surface area contributed by atoms with E-state index in [-0.39, 0.29) is 5.97 Å². The van der Waals surface area contributed by atoms with Gasteiger partial charge in [0.15, 0.2) is 0 Å². The highest BCUT2D eigenvalue weighted by Crippen LogP contribution is 2.61. The molecule has 0 amide bonds. The quantitative estimate of drug-likeness (QED) is 0.171. The average Bonchev–Trinajstić information content (AvgIpc) is 2.52. The van der Waals surface area contributed by atoms with E-state index >= 15 is 0 Å². The molecule has 2 nitrogen and oxygen atoms in total. The second-order valence-electron chi connectivity index (χ2n) is 6.32. The summed E-state index contributed by atoms with van der Waals surface area (Å²) in [4.78, 5) is 11.4. The van der Waals surface area contributed by atoms with Gasteiger partial charge in [0.2, 0.25) is 0 Å². The molecule has 0 spiro atoms. The summed E-state index contributed by atoms with van der Waals surface area (Å²) in [5.41, 5.74) is 0. The summed E-state index contributed by atoms with van der Waals surface area (Å²) < 4.78 is 5.28. The van der Waals surface area contributed by atoms with Gasteiger partial charge in [0, 0.05) is 19.8 Å². The molecule has 0 aliphatic carbocycles. The number of esters is 1. The zero-order valence-corrected chi connectivity index (χ0v) is 16.3. The molecular weight excluding hydrogens is 291 g/mol. The Morgan fingerprint density at radius 3 is 1.73 bits per heavy atom. The van der Waals surface area contributed by atoms with Crippen molar-refractivity contribution in [3.63, 3.8) is 0 Å². The first-order chi connectivity index (χ1) is 10.6. The maximum absolute atomic E-state index is 11.4. The lowest BCUT2D eigenvalue weighted by molar-refractivity contribution is -0.137. The SMILES string of the molecule is CC=CC(=O)OCCC[P+](CCCC)(CCCC)CCCC. The van der Waals surface area contributed by atoms with Crippen molar-refractivity contribution >= 4 is 13.2 Å². The summed E-state index contributed by atoms with van der Waals surface area (Å²) in [6.45, 7) is 9.33. The van der Waals surface area contributed by atoms with Gasteiger partial charge in [0.25, 0.3) is 0 Å². The maximum atomic E-state index is 11.4. The number of carbonyl (C=O) groups excluding carboxylic acids is 1. The summed E-state index contributed by atoms with van der Waals surface area (Å²) in [5, 5.41) is 0. The van der Waals surface area contributed by atoms with Gasteiger partial charge in [-0.2, -0.15) is 0 Å². The number of hydrogen-bond acceptors (Lipinski definition) is 2. The first-order valence-corrected chi connectivity index (χ1v) is 11.8. The van der Waals surface area contributed by atoms with Gasteiger partial charge in [0.05, 0.1) is 31.3 Å². The van der Waals surface area contributed by atoms with E-state index in [4.69, 9.17) is 4.74 Å². The van der Waals surface area contributed by atoms with Crippen LogP contribution in [-0.4, -0.2) is 37.2 Å². The molecule has 0 fully saturated rings. The van der Waals surface area contributed by atoms with Gasteiger partial charge in [-0.15, -0.1) is 0 Å². The Morgan fingerprint density at radius 2 is 1.32 bits per heavy atom. The van der Waals surface area contributed by atoms with Crippen LogP contribution in [0.1, 0.15) is 72.6 Å². The van der Waals surface area contributed by atoms with E-state index in [2.05, 4.69) is 20.8 Å². The van der Waals surface area contributed by atoms with E-state index in [1.165, 1.54) is 69.2 Å². The van der Waals surface area contributed by atoms with Crippen LogP contribution in [0, 0.1) is 0 Å². The zero-order chi connectivity index (χ0) is 16.7. The molecule has 0 aromatic rings. The Labute approximate surface area is 139 Å². The molecule has 0 bridgehead atoms. The minimum absolute atomic E-state index is 0.192. The van der Waals surface area contributed by atoms with Crippen LogP contribution in [0.4, 0.5) is 0 Å². The summed E-state index contributed by atoms with van der Waals surface area (Å²) in [6.07, 6.45) is 18.0. The van der Waals surface area contributed by atoms with Crippen LogP contribution in [0.3, 0.4) is 0 Å². The standard InChI is InChI=1S/C19H38O2P/c1-5-9-15-22(16-10-6-2,17-11-7-3)18-12-14-21-19(20)13-8-4/h8,13H,5-7,9-12,14-18H2,1-4H3/q+1. The highest BCUT2D eigenvalue weighted by molar-refractivity contribution is 7.75. The molecule has 0 rings (SSSR count). The van der Waals surface area contributed by atoms with Crippen LogP contribution in [0.5, 0.6) is 0 Å². The Hall–Kier alpha value is -0.360. The molecule has 0 aliphatic heterocycles. The van der Waals surface area contributed by atoms with Gasteiger partial charge in [-0.25, -0.2) is 4.79 Å². The summed E-state index contributed by atoms with van der Waals surface area (Å²) in [5.74, 6) is -0.192. The van der Waals surface area contributed by atoms with E-state index in [0.29, 0.717) is 6.61 Å². The van der Waals surface area contributed by atoms with Crippen molar-refractivity contribution in [1.82, 2.24) is 0 Å². The first-order valence-electron chi connectivity index (χ1n) is 9.28. The Morgan fingerprint density at radius 1 is 0.864 bits per heavy atom.